The first-order chi connectivity index (χ1) is 9.47. The maximum Gasteiger partial charge on any atom is 0.0954 e. The highest BCUT2D eigenvalue weighted by Crippen LogP contribution is 2.29. The van der Waals surface area contributed by atoms with E-state index in [-0.39, 0.29) is 0 Å². The predicted octanol–water partition coefficient (Wildman–Crippen LogP) is 4.82. The molecule has 0 radical (unpaired) electrons. The summed E-state index contributed by atoms with van der Waals surface area (Å²) in [5.74, 6) is 0.733. The molecule has 20 heavy (non-hydrogen) atoms. The third-order valence-corrected chi connectivity index (χ3v) is 3.86. The zero-order chi connectivity index (χ0) is 14.7. The SMILES string of the molecule is CC(C)CCC(C)Nc1ccc(N)c2cc(Br)cnc12. The van der Waals surface area contributed by atoms with Gasteiger partial charge in [0.1, 0.15) is 0 Å². The monoisotopic (exact) mass is 335 g/mol. The smallest absolute Gasteiger partial charge is 0.0954 e. The average Bonchev–Trinajstić information content (AvgIpc) is 2.40. The van der Waals surface area contributed by atoms with E-state index < -0.39 is 0 Å². The molecule has 1 unspecified atom stereocenters. The van der Waals surface area contributed by atoms with Crippen molar-refractivity contribution < 1.29 is 0 Å². The number of nitrogens with one attached hydrogen (secondary N) is 1. The van der Waals surface area contributed by atoms with Crippen LogP contribution in [0.1, 0.15) is 33.6 Å². The fourth-order valence-corrected chi connectivity index (χ4v) is 2.58. The molecule has 0 aliphatic heterocycles. The van der Waals surface area contributed by atoms with Gasteiger partial charge in [-0.15, -0.1) is 0 Å². The molecular weight excluding hydrogens is 314 g/mol. The molecule has 4 heteroatoms. The van der Waals surface area contributed by atoms with Crippen LogP contribution >= 0.6 is 15.9 Å². The Kier molecular flexibility index (Phi) is 4.86. The summed E-state index contributed by atoms with van der Waals surface area (Å²) in [5.41, 5.74) is 8.78. The van der Waals surface area contributed by atoms with E-state index in [0.29, 0.717) is 6.04 Å². The molecule has 2 rings (SSSR count). The third-order valence-electron chi connectivity index (χ3n) is 3.43. The van der Waals surface area contributed by atoms with Crippen LogP contribution in [0.3, 0.4) is 0 Å². The Balaban J connectivity index is 2.24. The molecule has 0 aliphatic carbocycles. The summed E-state index contributed by atoms with van der Waals surface area (Å²) in [5, 5.41) is 4.54. The van der Waals surface area contributed by atoms with Crippen molar-refractivity contribution in [2.75, 3.05) is 11.1 Å². The molecule has 0 saturated carbocycles. The number of fused-ring (bicyclic) bond motifs is 1. The number of nitrogen functional groups attached to an aromatic ring is 1. The summed E-state index contributed by atoms with van der Waals surface area (Å²) >= 11 is 3.44. The van der Waals surface area contributed by atoms with Crippen LogP contribution in [0.4, 0.5) is 11.4 Å². The third kappa shape index (κ3) is 3.63. The van der Waals surface area contributed by atoms with Crippen molar-refractivity contribution in [2.24, 2.45) is 5.92 Å². The van der Waals surface area contributed by atoms with Crippen molar-refractivity contribution in [3.8, 4) is 0 Å². The van der Waals surface area contributed by atoms with Gasteiger partial charge >= 0.3 is 0 Å². The Hall–Kier alpha value is -1.29. The molecule has 0 spiro atoms. The van der Waals surface area contributed by atoms with Gasteiger partial charge in [-0.05, 0) is 59.8 Å². The Labute approximate surface area is 129 Å². The number of benzene rings is 1. The van der Waals surface area contributed by atoms with Crippen molar-refractivity contribution in [3.05, 3.63) is 28.9 Å². The summed E-state index contributed by atoms with van der Waals surface area (Å²) in [7, 11) is 0. The molecule has 0 amide bonds. The molecule has 0 bridgehead atoms. The van der Waals surface area contributed by atoms with Crippen LogP contribution in [-0.4, -0.2) is 11.0 Å². The summed E-state index contributed by atoms with van der Waals surface area (Å²) in [6.07, 6.45) is 4.19. The molecule has 0 fully saturated rings. The lowest BCUT2D eigenvalue weighted by molar-refractivity contribution is 0.528. The van der Waals surface area contributed by atoms with Crippen LogP contribution in [0, 0.1) is 5.92 Å². The van der Waals surface area contributed by atoms with E-state index in [4.69, 9.17) is 5.73 Å². The van der Waals surface area contributed by atoms with Gasteiger partial charge in [0.15, 0.2) is 0 Å². The summed E-state index contributed by atoms with van der Waals surface area (Å²) in [4.78, 5) is 4.50. The molecule has 1 aromatic heterocycles. The maximum absolute atomic E-state index is 6.03. The first-order valence-corrected chi connectivity index (χ1v) is 7.87. The van der Waals surface area contributed by atoms with E-state index in [2.05, 4.69) is 47.0 Å². The topological polar surface area (TPSA) is 50.9 Å². The zero-order valence-electron chi connectivity index (χ0n) is 12.3. The van der Waals surface area contributed by atoms with Gasteiger partial charge < -0.3 is 11.1 Å². The Bertz CT molecular complexity index is 596. The summed E-state index contributed by atoms with van der Waals surface area (Å²) in [6.45, 7) is 6.72. The summed E-state index contributed by atoms with van der Waals surface area (Å²) in [6, 6.07) is 6.40. The number of hydrogen-bond acceptors (Lipinski definition) is 3. The highest BCUT2D eigenvalue weighted by atomic mass is 79.9. The van der Waals surface area contributed by atoms with Gasteiger partial charge in [0.05, 0.1) is 11.2 Å². The van der Waals surface area contributed by atoms with Crippen LogP contribution in [-0.2, 0) is 0 Å². The molecule has 3 N–H and O–H groups in total. The standard InChI is InChI=1S/C16H22BrN3/c1-10(2)4-5-11(3)20-15-7-6-14(18)13-8-12(17)9-19-16(13)15/h6-11,20H,4-5,18H2,1-3H3. The highest BCUT2D eigenvalue weighted by molar-refractivity contribution is 9.10. The molecule has 2 aromatic rings. The number of anilines is 2. The molecule has 3 nitrogen and oxygen atoms in total. The minimum atomic E-state index is 0.426. The normalized spacial score (nSPS) is 12.8. The number of rotatable bonds is 5. The molecule has 0 saturated heterocycles. The maximum atomic E-state index is 6.03. The fraction of sp³-hybridized carbons (Fsp3) is 0.438. The zero-order valence-corrected chi connectivity index (χ0v) is 13.9. The van der Waals surface area contributed by atoms with Crippen LogP contribution in [0.5, 0.6) is 0 Å². The molecule has 1 heterocycles. The van der Waals surface area contributed by atoms with Crippen molar-refractivity contribution in [3.63, 3.8) is 0 Å². The number of pyridine rings is 1. The lowest BCUT2D eigenvalue weighted by Crippen LogP contribution is -2.16. The van der Waals surface area contributed by atoms with Crippen molar-refractivity contribution >= 4 is 38.2 Å². The lowest BCUT2D eigenvalue weighted by Gasteiger charge is -2.18. The van der Waals surface area contributed by atoms with Crippen LogP contribution < -0.4 is 11.1 Å². The van der Waals surface area contributed by atoms with Crippen molar-refractivity contribution in [2.45, 2.75) is 39.7 Å². The second-order valence-corrected chi connectivity index (χ2v) is 6.68. The van der Waals surface area contributed by atoms with E-state index in [9.17, 15) is 0 Å². The quantitative estimate of drug-likeness (QED) is 0.770. The second kappa shape index (κ2) is 6.44. The Morgan fingerprint density at radius 1 is 1.25 bits per heavy atom. The largest absolute Gasteiger partial charge is 0.398 e. The Morgan fingerprint density at radius 2 is 2.00 bits per heavy atom. The number of nitrogens with zero attached hydrogens (tertiary/aromatic N) is 1. The number of hydrogen-bond donors (Lipinski definition) is 2. The van der Waals surface area contributed by atoms with Gasteiger partial charge in [0, 0.05) is 27.8 Å². The van der Waals surface area contributed by atoms with Crippen molar-refractivity contribution in [1.29, 1.82) is 0 Å². The van der Waals surface area contributed by atoms with Crippen LogP contribution in [0.25, 0.3) is 10.9 Å². The van der Waals surface area contributed by atoms with E-state index >= 15 is 0 Å². The number of halogens is 1. The van der Waals surface area contributed by atoms with Crippen molar-refractivity contribution in [1.82, 2.24) is 4.98 Å². The van der Waals surface area contributed by atoms with Crippen LogP contribution in [0.2, 0.25) is 0 Å². The van der Waals surface area contributed by atoms with Gasteiger partial charge in [-0.3, -0.25) is 4.98 Å². The molecular formula is C16H22BrN3. The predicted molar refractivity (Wildman–Crippen MR) is 91.0 cm³/mol. The fourth-order valence-electron chi connectivity index (χ4n) is 2.25. The molecule has 1 atom stereocenters. The molecule has 108 valence electrons. The highest BCUT2D eigenvalue weighted by Gasteiger charge is 2.09. The number of aromatic nitrogens is 1. The first-order valence-electron chi connectivity index (χ1n) is 7.07. The first kappa shape index (κ1) is 15.1. The van der Waals surface area contributed by atoms with E-state index in [1.54, 1.807) is 0 Å². The van der Waals surface area contributed by atoms with Gasteiger partial charge in [-0.25, -0.2) is 0 Å². The average molecular weight is 336 g/mol. The minimum Gasteiger partial charge on any atom is -0.398 e. The van der Waals surface area contributed by atoms with Gasteiger partial charge in [0.25, 0.3) is 0 Å². The van der Waals surface area contributed by atoms with Crippen LogP contribution in [0.15, 0.2) is 28.9 Å². The lowest BCUT2D eigenvalue weighted by atomic mass is 10.0. The van der Waals surface area contributed by atoms with Gasteiger partial charge in [-0.2, -0.15) is 0 Å². The second-order valence-electron chi connectivity index (χ2n) is 5.77. The van der Waals surface area contributed by atoms with Gasteiger partial charge in [0.2, 0.25) is 0 Å². The minimum absolute atomic E-state index is 0.426. The molecule has 1 aromatic carbocycles. The van der Waals surface area contributed by atoms with E-state index in [1.165, 1.54) is 6.42 Å². The number of nitrogens with two attached hydrogens (primary N) is 1. The Morgan fingerprint density at radius 3 is 2.70 bits per heavy atom. The van der Waals surface area contributed by atoms with Gasteiger partial charge in [-0.1, -0.05) is 13.8 Å². The van der Waals surface area contributed by atoms with E-state index in [1.807, 2.05) is 24.4 Å². The molecule has 0 aliphatic rings. The summed E-state index contributed by atoms with van der Waals surface area (Å²) < 4.78 is 0.946. The van der Waals surface area contributed by atoms with E-state index in [0.717, 1.165) is 39.1 Å².